The Balaban J connectivity index is 2.16. The average Bonchev–Trinajstić information content (AvgIpc) is 3.02. The van der Waals surface area contributed by atoms with Gasteiger partial charge in [-0.3, -0.25) is 0 Å². The maximum atomic E-state index is 13.1. The van der Waals surface area contributed by atoms with Crippen molar-refractivity contribution in [1.82, 2.24) is 18.9 Å². The Labute approximate surface area is 177 Å². The van der Waals surface area contributed by atoms with Gasteiger partial charge in [-0.15, -0.1) is 5.10 Å². The van der Waals surface area contributed by atoms with Crippen LogP contribution in [-0.4, -0.2) is 47.5 Å². The lowest BCUT2D eigenvalue weighted by Gasteiger charge is -2.20. The van der Waals surface area contributed by atoms with Crippen LogP contribution in [0.1, 0.15) is 33.3 Å². The highest BCUT2D eigenvalue weighted by Crippen LogP contribution is 2.32. The lowest BCUT2D eigenvalue weighted by atomic mass is 10.0. The second-order valence-electron chi connectivity index (χ2n) is 7.50. The molecule has 0 unspecified atom stereocenters. The zero-order valence-corrected chi connectivity index (χ0v) is 18.9. The molecule has 0 aliphatic heterocycles. The van der Waals surface area contributed by atoms with Gasteiger partial charge in [-0.25, -0.2) is 17.9 Å². The monoisotopic (exact) mass is 431 g/mol. The first-order valence-electron chi connectivity index (χ1n) is 10.0. The Morgan fingerprint density at radius 1 is 1.20 bits per heavy atom. The SMILES string of the molecule is CCN(CC)S(=O)(=O)c1cc(-c2ccn3nc(N)c(CC(C)C)c3n2)ccc1OC. The van der Waals surface area contributed by atoms with E-state index in [0.717, 1.165) is 12.0 Å². The molecule has 0 atom stereocenters. The van der Waals surface area contributed by atoms with Crippen molar-refractivity contribution in [3.8, 4) is 17.0 Å². The highest BCUT2D eigenvalue weighted by molar-refractivity contribution is 7.89. The van der Waals surface area contributed by atoms with Crippen LogP contribution in [0.2, 0.25) is 0 Å². The van der Waals surface area contributed by atoms with Gasteiger partial charge in [0.15, 0.2) is 11.5 Å². The van der Waals surface area contributed by atoms with Gasteiger partial charge >= 0.3 is 0 Å². The van der Waals surface area contributed by atoms with Crippen molar-refractivity contribution in [3.05, 3.63) is 36.0 Å². The summed E-state index contributed by atoms with van der Waals surface area (Å²) >= 11 is 0. The number of hydrogen-bond donors (Lipinski definition) is 1. The summed E-state index contributed by atoms with van der Waals surface area (Å²) in [5, 5.41) is 4.34. The molecule has 3 rings (SSSR count). The van der Waals surface area contributed by atoms with Crippen molar-refractivity contribution in [2.45, 2.75) is 39.0 Å². The highest BCUT2D eigenvalue weighted by atomic mass is 32.2. The maximum Gasteiger partial charge on any atom is 0.246 e. The average molecular weight is 432 g/mol. The van der Waals surface area contributed by atoms with Gasteiger partial charge in [-0.1, -0.05) is 27.7 Å². The summed E-state index contributed by atoms with van der Waals surface area (Å²) < 4.78 is 34.7. The third-order valence-corrected chi connectivity index (χ3v) is 7.08. The molecule has 2 aromatic heterocycles. The molecule has 0 saturated carbocycles. The van der Waals surface area contributed by atoms with Gasteiger partial charge in [0.1, 0.15) is 10.6 Å². The molecule has 2 N–H and O–H groups in total. The van der Waals surface area contributed by atoms with Gasteiger partial charge in [0.2, 0.25) is 10.0 Å². The molecule has 2 heterocycles. The van der Waals surface area contributed by atoms with E-state index in [-0.39, 0.29) is 4.90 Å². The van der Waals surface area contributed by atoms with Crippen molar-refractivity contribution in [3.63, 3.8) is 0 Å². The molecule has 30 heavy (non-hydrogen) atoms. The second-order valence-corrected chi connectivity index (χ2v) is 9.40. The molecule has 0 saturated heterocycles. The van der Waals surface area contributed by atoms with Crippen molar-refractivity contribution in [1.29, 1.82) is 0 Å². The van der Waals surface area contributed by atoms with Crippen LogP contribution in [0.4, 0.5) is 5.82 Å². The zero-order valence-electron chi connectivity index (χ0n) is 18.1. The minimum atomic E-state index is -3.69. The number of nitrogens with zero attached hydrogens (tertiary/aromatic N) is 4. The molecule has 0 spiro atoms. The van der Waals surface area contributed by atoms with Gasteiger partial charge in [-0.05, 0) is 36.6 Å². The van der Waals surface area contributed by atoms with Crippen molar-refractivity contribution < 1.29 is 13.2 Å². The zero-order chi connectivity index (χ0) is 22.1. The predicted molar refractivity (Wildman–Crippen MR) is 118 cm³/mol. The minimum absolute atomic E-state index is 0.128. The first-order valence-corrected chi connectivity index (χ1v) is 11.5. The number of anilines is 1. The van der Waals surface area contributed by atoms with E-state index in [9.17, 15) is 8.42 Å². The summed E-state index contributed by atoms with van der Waals surface area (Å²) in [6.45, 7) is 8.61. The van der Waals surface area contributed by atoms with Crippen LogP contribution in [-0.2, 0) is 16.4 Å². The number of rotatable bonds is 8. The summed E-state index contributed by atoms with van der Waals surface area (Å²) in [5.41, 5.74) is 9.01. The van der Waals surface area contributed by atoms with Gasteiger partial charge in [0.05, 0.1) is 12.8 Å². The van der Waals surface area contributed by atoms with E-state index in [4.69, 9.17) is 15.5 Å². The Morgan fingerprint density at radius 2 is 1.90 bits per heavy atom. The maximum absolute atomic E-state index is 13.1. The largest absolute Gasteiger partial charge is 0.495 e. The molecular formula is C21H29N5O3S. The van der Waals surface area contributed by atoms with Gasteiger partial charge in [0.25, 0.3) is 0 Å². The summed E-state index contributed by atoms with van der Waals surface area (Å²) in [6.07, 6.45) is 2.55. The van der Waals surface area contributed by atoms with Gasteiger partial charge in [0, 0.05) is 30.4 Å². The fraction of sp³-hybridized carbons (Fsp3) is 0.429. The first-order chi connectivity index (χ1) is 14.2. The van der Waals surface area contributed by atoms with Crippen molar-refractivity contribution >= 4 is 21.5 Å². The number of hydrogen-bond acceptors (Lipinski definition) is 6. The van der Waals surface area contributed by atoms with Gasteiger partial charge in [-0.2, -0.15) is 4.31 Å². The molecule has 0 radical (unpaired) electrons. The fourth-order valence-corrected chi connectivity index (χ4v) is 5.14. The number of benzene rings is 1. The fourth-order valence-electron chi connectivity index (χ4n) is 3.50. The van der Waals surface area contributed by atoms with Crippen LogP contribution < -0.4 is 10.5 Å². The Kier molecular flexibility index (Phi) is 6.33. The standard InChI is InChI=1S/C21H29N5O3S/c1-6-25(7-2)30(27,28)19-13-15(8-9-18(19)29-5)17-10-11-26-21(23-17)16(12-14(3)4)20(22)24-26/h8-11,13-14H,6-7,12H2,1-5H3,(H2,22,24). The second kappa shape index (κ2) is 8.61. The van der Waals surface area contributed by atoms with E-state index < -0.39 is 10.0 Å². The molecule has 0 amide bonds. The summed E-state index contributed by atoms with van der Waals surface area (Å²) in [7, 11) is -2.23. The van der Waals surface area contributed by atoms with Gasteiger partial charge < -0.3 is 10.5 Å². The van der Waals surface area contributed by atoms with E-state index in [1.54, 1.807) is 35.0 Å². The topological polar surface area (TPSA) is 103 Å². The molecule has 162 valence electrons. The molecule has 8 nitrogen and oxygen atoms in total. The molecule has 1 aromatic carbocycles. The predicted octanol–water partition coefficient (Wildman–Crippen LogP) is 3.22. The number of ether oxygens (including phenoxy) is 1. The molecule has 0 fully saturated rings. The smallest absolute Gasteiger partial charge is 0.246 e. The van der Waals surface area contributed by atoms with E-state index in [0.29, 0.717) is 47.5 Å². The molecule has 3 aromatic rings. The van der Waals surface area contributed by atoms with E-state index in [1.807, 2.05) is 13.8 Å². The number of fused-ring (bicyclic) bond motifs is 1. The third-order valence-electron chi connectivity index (χ3n) is 5.01. The molecular weight excluding hydrogens is 402 g/mol. The number of nitrogens with two attached hydrogens (primary N) is 1. The number of sulfonamides is 1. The highest BCUT2D eigenvalue weighted by Gasteiger charge is 2.26. The molecule has 0 bridgehead atoms. The van der Waals surface area contributed by atoms with E-state index >= 15 is 0 Å². The normalized spacial score (nSPS) is 12.2. The first kappa shape index (κ1) is 22.0. The van der Waals surface area contributed by atoms with Crippen LogP contribution in [0.3, 0.4) is 0 Å². The summed E-state index contributed by atoms with van der Waals surface area (Å²) in [5.74, 6) is 1.17. The number of nitrogen functional groups attached to an aromatic ring is 1. The lowest BCUT2D eigenvalue weighted by Crippen LogP contribution is -2.30. The number of methoxy groups -OCH3 is 1. The Bertz CT molecular complexity index is 1150. The van der Waals surface area contributed by atoms with Crippen LogP contribution in [0.25, 0.3) is 16.9 Å². The molecule has 0 aliphatic carbocycles. The number of aromatic nitrogens is 3. The van der Waals surface area contributed by atoms with Crippen LogP contribution in [0, 0.1) is 5.92 Å². The van der Waals surface area contributed by atoms with Crippen LogP contribution in [0.5, 0.6) is 5.75 Å². The minimum Gasteiger partial charge on any atom is -0.495 e. The summed E-state index contributed by atoms with van der Waals surface area (Å²) in [4.78, 5) is 4.88. The lowest BCUT2D eigenvalue weighted by molar-refractivity contribution is 0.395. The van der Waals surface area contributed by atoms with E-state index in [1.165, 1.54) is 11.4 Å². The molecule has 9 heteroatoms. The third kappa shape index (κ3) is 3.99. The molecule has 0 aliphatic rings. The Morgan fingerprint density at radius 3 is 2.50 bits per heavy atom. The van der Waals surface area contributed by atoms with Crippen LogP contribution >= 0.6 is 0 Å². The Hall–Kier alpha value is -2.65. The summed E-state index contributed by atoms with van der Waals surface area (Å²) in [6, 6.07) is 6.89. The quantitative estimate of drug-likeness (QED) is 0.587. The van der Waals surface area contributed by atoms with Crippen molar-refractivity contribution in [2.24, 2.45) is 5.92 Å². The van der Waals surface area contributed by atoms with Crippen LogP contribution in [0.15, 0.2) is 35.4 Å². The van der Waals surface area contributed by atoms with Crippen molar-refractivity contribution in [2.75, 3.05) is 25.9 Å². The van der Waals surface area contributed by atoms with E-state index in [2.05, 4.69) is 18.9 Å².